The molecule has 0 saturated carbocycles. The summed E-state index contributed by atoms with van der Waals surface area (Å²) in [4.78, 5) is 29.0. The first kappa shape index (κ1) is 12.9. The summed E-state index contributed by atoms with van der Waals surface area (Å²) in [5.74, 6) is -0.397. The Balaban J connectivity index is 1.62. The van der Waals surface area contributed by atoms with Gasteiger partial charge in [-0.25, -0.2) is 4.79 Å². The molecule has 2 N–H and O–H groups in total. The Morgan fingerprint density at radius 1 is 1.50 bits per heavy atom. The van der Waals surface area contributed by atoms with Crippen molar-refractivity contribution in [2.75, 3.05) is 0 Å². The van der Waals surface area contributed by atoms with Crippen LogP contribution in [0.25, 0.3) is 0 Å². The SMILES string of the molecule is Cc1noc(CNC(=O)N2C3CCC2C(C(=O)O)C3)n1. The number of urea groups is 1. The number of hydrogen-bond donors (Lipinski definition) is 2. The molecule has 0 aliphatic carbocycles. The molecule has 3 unspecified atom stereocenters. The van der Waals surface area contributed by atoms with Gasteiger partial charge in [0.2, 0.25) is 5.89 Å². The van der Waals surface area contributed by atoms with Gasteiger partial charge in [-0.2, -0.15) is 4.98 Å². The molecule has 0 aromatic carbocycles. The zero-order valence-electron chi connectivity index (χ0n) is 11.1. The second-order valence-corrected chi connectivity index (χ2v) is 5.28. The van der Waals surface area contributed by atoms with Gasteiger partial charge >= 0.3 is 12.0 Å². The van der Waals surface area contributed by atoms with Crippen molar-refractivity contribution in [2.24, 2.45) is 5.92 Å². The van der Waals surface area contributed by atoms with Crippen LogP contribution in [0.1, 0.15) is 31.0 Å². The van der Waals surface area contributed by atoms with Crippen molar-refractivity contribution in [1.82, 2.24) is 20.4 Å². The van der Waals surface area contributed by atoms with Crippen molar-refractivity contribution in [2.45, 2.75) is 44.8 Å². The third-order valence-electron chi connectivity index (χ3n) is 4.05. The summed E-state index contributed by atoms with van der Waals surface area (Å²) in [7, 11) is 0. The van der Waals surface area contributed by atoms with Gasteiger partial charge in [-0.3, -0.25) is 4.79 Å². The van der Waals surface area contributed by atoms with Crippen molar-refractivity contribution in [3.05, 3.63) is 11.7 Å². The second kappa shape index (κ2) is 4.77. The van der Waals surface area contributed by atoms with Crippen molar-refractivity contribution in [1.29, 1.82) is 0 Å². The largest absolute Gasteiger partial charge is 0.481 e. The number of rotatable bonds is 3. The van der Waals surface area contributed by atoms with Crippen molar-refractivity contribution in [3.8, 4) is 0 Å². The van der Waals surface area contributed by atoms with Gasteiger partial charge in [0.05, 0.1) is 12.5 Å². The topological polar surface area (TPSA) is 109 Å². The maximum absolute atomic E-state index is 12.2. The van der Waals surface area contributed by atoms with E-state index in [4.69, 9.17) is 9.63 Å². The molecule has 8 nitrogen and oxygen atoms in total. The summed E-state index contributed by atoms with van der Waals surface area (Å²) in [6.45, 7) is 1.86. The number of aromatic nitrogens is 2. The van der Waals surface area contributed by atoms with Gasteiger partial charge in [0.25, 0.3) is 0 Å². The first-order chi connectivity index (χ1) is 9.56. The molecule has 2 saturated heterocycles. The molecule has 1 aromatic heterocycles. The number of amides is 2. The highest BCUT2D eigenvalue weighted by Gasteiger charge is 2.51. The molecule has 2 bridgehead atoms. The minimum Gasteiger partial charge on any atom is -0.481 e. The van der Waals surface area contributed by atoms with E-state index in [1.54, 1.807) is 11.8 Å². The lowest BCUT2D eigenvalue weighted by Crippen LogP contribution is -2.44. The van der Waals surface area contributed by atoms with Crippen molar-refractivity contribution >= 4 is 12.0 Å². The van der Waals surface area contributed by atoms with Crippen LogP contribution in [-0.4, -0.2) is 44.2 Å². The summed E-state index contributed by atoms with van der Waals surface area (Å²) in [6, 6.07) is -0.412. The molecule has 0 radical (unpaired) electrons. The number of carboxylic acid groups (broad SMARTS) is 1. The van der Waals surface area contributed by atoms with Crippen molar-refractivity contribution in [3.63, 3.8) is 0 Å². The van der Waals surface area contributed by atoms with Crippen LogP contribution in [-0.2, 0) is 11.3 Å². The van der Waals surface area contributed by atoms with Crippen LogP contribution in [0.15, 0.2) is 4.52 Å². The standard InChI is InChI=1S/C12H16N4O4/c1-6-14-10(20-15-6)5-13-12(19)16-7-2-3-9(16)8(4-7)11(17)18/h7-9H,2-5H2,1H3,(H,13,19)(H,17,18). The molecule has 1 aromatic rings. The third-order valence-corrected chi connectivity index (χ3v) is 4.05. The summed E-state index contributed by atoms with van der Waals surface area (Å²) in [6.07, 6.45) is 2.18. The highest BCUT2D eigenvalue weighted by atomic mass is 16.5. The van der Waals surface area contributed by atoms with E-state index in [1.165, 1.54) is 0 Å². The van der Waals surface area contributed by atoms with E-state index < -0.39 is 11.9 Å². The molecule has 8 heteroatoms. The molecule has 2 aliphatic rings. The predicted octanol–water partition coefficient (Wildman–Crippen LogP) is 0.525. The minimum atomic E-state index is -0.817. The van der Waals surface area contributed by atoms with Gasteiger partial charge in [0.1, 0.15) is 0 Å². The maximum atomic E-state index is 12.2. The monoisotopic (exact) mass is 280 g/mol. The lowest BCUT2D eigenvalue weighted by atomic mass is 9.89. The number of aliphatic carboxylic acids is 1. The van der Waals surface area contributed by atoms with E-state index >= 15 is 0 Å². The zero-order valence-corrected chi connectivity index (χ0v) is 11.1. The highest BCUT2D eigenvalue weighted by Crippen LogP contribution is 2.41. The molecular weight excluding hydrogens is 264 g/mol. The zero-order chi connectivity index (χ0) is 14.3. The first-order valence-corrected chi connectivity index (χ1v) is 6.64. The molecule has 2 amide bonds. The molecule has 3 rings (SSSR count). The van der Waals surface area contributed by atoms with Gasteiger partial charge in [0, 0.05) is 12.1 Å². The average Bonchev–Trinajstić information content (AvgIpc) is 3.09. The fourth-order valence-corrected chi connectivity index (χ4v) is 3.22. The van der Waals surface area contributed by atoms with Gasteiger partial charge in [-0.15, -0.1) is 0 Å². The lowest BCUT2D eigenvalue weighted by Gasteiger charge is -2.22. The number of carboxylic acids is 1. The number of nitrogens with zero attached hydrogens (tertiary/aromatic N) is 3. The summed E-state index contributed by atoms with van der Waals surface area (Å²) < 4.78 is 4.92. The molecule has 3 heterocycles. The van der Waals surface area contributed by atoms with Crippen LogP contribution in [0.2, 0.25) is 0 Å². The Kier molecular flexibility index (Phi) is 3.07. The molecule has 2 fully saturated rings. The Labute approximate surface area is 115 Å². The van der Waals surface area contributed by atoms with Crippen LogP contribution in [0.3, 0.4) is 0 Å². The number of hydrogen-bond acceptors (Lipinski definition) is 5. The number of carbonyl (C=O) groups excluding carboxylic acids is 1. The fourth-order valence-electron chi connectivity index (χ4n) is 3.22. The summed E-state index contributed by atoms with van der Waals surface area (Å²) in [5, 5.41) is 15.5. The number of carbonyl (C=O) groups is 2. The summed E-state index contributed by atoms with van der Waals surface area (Å²) >= 11 is 0. The van der Waals surface area contributed by atoms with Gasteiger partial charge in [-0.1, -0.05) is 5.16 Å². The molecule has 20 heavy (non-hydrogen) atoms. The van der Waals surface area contributed by atoms with Crippen molar-refractivity contribution < 1.29 is 19.2 Å². The molecular formula is C12H16N4O4. The van der Waals surface area contributed by atoms with Gasteiger partial charge in [-0.05, 0) is 26.2 Å². The van der Waals surface area contributed by atoms with Crippen LogP contribution < -0.4 is 5.32 Å². The van der Waals surface area contributed by atoms with Crippen LogP contribution in [0, 0.1) is 12.8 Å². The predicted molar refractivity (Wildman–Crippen MR) is 65.7 cm³/mol. The molecule has 3 atom stereocenters. The highest BCUT2D eigenvalue weighted by molar-refractivity contribution is 5.79. The second-order valence-electron chi connectivity index (χ2n) is 5.28. The smallest absolute Gasteiger partial charge is 0.318 e. The Morgan fingerprint density at radius 3 is 2.90 bits per heavy atom. The maximum Gasteiger partial charge on any atom is 0.318 e. The van der Waals surface area contributed by atoms with Crippen LogP contribution >= 0.6 is 0 Å². The number of nitrogens with one attached hydrogen (secondary N) is 1. The molecule has 108 valence electrons. The average molecular weight is 280 g/mol. The van der Waals surface area contributed by atoms with Gasteiger partial charge in [0.15, 0.2) is 5.82 Å². The van der Waals surface area contributed by atoms with Crippen LogP contribution in [0.4, 0.5) is 4.79 Å². The Bertz CT molecular complexity index is 543. The van der Waals surface area contributed by atoms with Gasteiger partial charge < -0.3 is 19.8 Å². The van der Waals surface area contributed by atoms with E-state index in [-0.39, 0.29) is 24.7 Å². The summed E-state index contributed by atoms with van der Waals surface area (Å²) in [5.41, 5.74) is 0. The third kappa shape index (κ3) is 2.10. The number of aryl methyl sites for hydroxylation is 1. The van der Waals surface area contributed by atoms with E-state index in [0.29, 0.717) is 18.1 Å². The first-order valence-electron chi connectivity index (χ1n) is 6.64. The number of fused-ring (bicyclic) bond motifs is 2. The fraction of sp³-hybridized carbons (Fsp3) is 0.667. The van der Waals surface area contributed by atoms with E-state index in [9.17, 15) is 9.59 Å². The molecule has 2 aliphatic heterocycles. The normalized spacial score (nSPS) is 27.9. The van der Waals surface area contributed by atoms with E-state index in [0.717, 1.165) is 12.8 Å². The van der Waals surface area contributed by atoms with Crippen LogP contribution in [0.5, 0.6) is 0 Å². The lowest BCUT2D eigenvalue weighted by molar-refractivity contribution is -0.142. The molecule has 0 spiro atoms. The minimum absolute atomic E-state index is 0.0329. The van der Waals surface area contributed by atoms with E-state index in [2.05, 4.69) is 15.5 Å². The Morgan fingerprint density at radius 2 is 2.30 bits per heavy atom. The Hall–Kier alpha value is -2.12. The van der Waals surface area contributed by atoms with E-state index in [1.807, 2.05) is 0 Å². The quantitative estimate of drug-likeness (QED) is 0.835.